The first-order chi connectivity index (χ1) is 8.19. The zero-order chi connectivity index (χ0) is 12.3. The molecule has 0 N–H and O–H groups in total. The molecule has 0 unspecified atom stereocenters. The SMILES string of the molecule is N#CN1CCC(Cc2ccc(F)c(F)c2)CC1. The molecule has 1 saturated heterocycles. The number of hydrogen-bond donors (Lipinski definition) is 0. The van der Waals surface area contributed by atoms with Gasteiger partial charge >= 0.3 is 0 Å². The molecule has 4 heteroatoms. The van der Waals surface area contributed by atoms with Gasteiger partial charge in [-0.3, -0.25) is 0 Å². The van der Waals surface area contributed by atoms with Crippen molar-refractivity contribution >= 4 is 0 Å². The minimum Gasteiger partial charge on any atom is -0.311 e. The molecule has 1 fully saturated rings. The lowest BCUT2D eigenvalue weighted by atomic mass is 9.90. The minimum absolute atomic E-state index is 0.462. The van der Waals surface area contributed by atoms with Crippen molar-refractivity contribution in [1.29, 1.82) is 5.26 Å². The van der Waals surface area contributed by atoms with Crippen LogP contribution in [0.5, 0.6) is 0 Å². The van der Waals surface area contributed by atoms with Crippen LogP contribution >= 0.6 is 0 Å². The molecule has 0 aromatic heterocycles. The highest BCUT2D eigenvalue weighted by Gasteiger charge is 2.18. The summed E-state index contributed by atoms with van der Waals surface area (Å²) in [5.74, 6) is -1.12. The number of halogens is 2. The second kappa shape index (κ2) is 5.13. The van der Waals surface area contributed by atoms with Crippen LogP contribution in [0.4, 0.5) is 8.78 Å². The summed E-state index contributed by atoms with van der Waals surface area (Å²) in [5, 5.41) is 8.72. The molecule has 2 nitrogen and oxygen atoms in total. The number of likely N-dealkylation sites (tertiary alicyclic amines) is 1. The van der Waals surface area contributed by atoms with Crippen LogP contribution in [0.1, 0.15) is 18.4 Å². The van der Waals surface area contributed by atoms with Gasteiger partial charge in [0.2, 0.25) is 0 Å². The lowest BCUT2D eigenvalue weighted by Gasteiger charge is -2.28. The van der Waals surface area contributed by atoms with E-state index in [9.17, 15) is 8.78 Å². The molecule has 1 aromatic rings. The minimum atomic E-state index is -0.798. The molecular formula is C13H14F2N2. The predicted octanol–water partition coefficient (Wildman–Crippen LogP) is 2.70. The fraction of sp³-hybridized carbons (Fsp3) is 0.462. The number of benzene rings is 1. The third-order valence-corrected chi connectivity index (χ3v) is 3.26. The van der Waals surface area contributed by atoms with Crippen LogP contribution in [0, 0.1) is 29.0 Å². The predicted molar refractivity (Wildman–Crippen MR) is 60.0 cm³/mol. The van der Waals surface area contributed by atoms with Gasteiger partial charge in [-0.25, -0.2) is 8.78 Å². The smallest absolute Gasteiger partial charge is 0.179 e. The average Bonchev–Trinajstić information content (AvgIpc) is 2.35. The summed E-state index contributed by atoms with van der Waals surface area (Å²) in [6.45, 7) is 1.54. The molecule has 0 atom stereocenters. The highest BCUT2D eigenvalue weighted by atomic mass is 19.2. The zero-order valence-corrected chi connectivity index (χ0v) is 9.50. The summed E-state index contributed by atoms with van der Waals surface area (Å²) in [4.78, 5) is 1.74. The van der Waals surface area contributed by atoms with Crippen molar-refractivity contribution in [2.24, 2.45) is 5.92 Å². The summed E-state index contributed by atoms with van der Waals surface area (Å²) in [6, 6.07) is 4.08. The average molecular weight is 236 g/mol. The summed E-state index contributed by atoms with van der Waals surface area (Å²) in [6.07, 6.45) is 4.76. The Labute approximate surface area is 99.5 Å². The Morgan fingerprint density at radius 2 is 1.94 bits per heavy atom. The fourth-order valence-corrected chi connectivity index (χ4v) is 2.24. The molecule has 1 heterocycles. The zero-order valence-electron chi connectivity index (χ0n) is 9.50. The first-order valence-electron chi connectivity index (χ1n) is 5.77. The van der Waals surface area contributed by atoms with Crippen molar-refractivity contribution < 1.29 is 8.78 Å². The molecule has 90 valence electrons. The quantitative estimate of drug-likeness (QED) is 0.738. The van der Waals surface area contributed by atoms with E-state index in [1.165, 1.54) is 12.1 Å². The Bertz CT molecular complexity index is 432. The van der Waals surface area contributed by atoms with Gasteiger partial charge in [0.25, 0.3) is 0 Å². The Morgan fingerprint density at radius 1 is 1.24 bits per heavy atom. The maximum Gasteiger partial charge on any atom is 0.179 e. The summed E-state index contributed by atoms with van der Waals surface area (Å²) >= 11 is 0. The third kappa shape index (κ3) is 2.94. The van der Waals surface area contributed by atoms with Crippen LogP contribution in [0.3, 0.4) is 0 Å². The van der Waals surface area contributed by atoms with Crippen LogP contribution in [0.15, 0.2) is 18.2 Å². The number of piperidine rings is 1. The molecular weight excluding hydrogens is 222 g/mol. The van der Waals surface area contributed by atoms with E-state index in [1.54, 1.807) is 11.0 Å². The molecule has 0 aliphatic carbocycles. The highest BCUT2D eigenvalue weighted by molar-refractivity contribution is 5.18. The van der Waals surface area contributed by atoms with E-state index in [1.807, 2.05) is 0 Å². The molecule has 17 heavy (non-hydrogen) atoms. The second-order valence-corrected chi connectivity index (χ2v) is 4.48. The van der Waals surface area contributed by atoms with Crippen LogP contribution < -0.4 is 0 Å². The number of rotatable bonds is 2. The topological polar surface area (TPSA) is 27.0 Å². The van der Waals surface area contributed by atoms with E-state index in [0.717, 1.165) is 37.9 Å². The normalized spacial score (nSPS) is 16.9. The largest absolute Gasteiger partial charge is 0.311 e. The lowest BCUT2D eigenvalue weighted by molar-refractivity contribution is 0.251. The Hall–Kier alpha value is -1.63. The van der Waals surface area contributed by atoms with E-state index in [4.69, 9.17) is 5.26 Å². The number of hydrogen-bond acceptors (Lipinski definition) is 2. The standard InChI is InChI=1S/C13H14F2N2/c14-12-2-1-11(8-13(12)15)7-10-3-5-17(9-16)6-4-10/h1-2,8,10H,3-7H2. The van der Waals surface area contributed by atoms with E-state index in [0.29, 0.717) is 5.92 Å². The summed E-state index contributed by atoms with van der Waals surface area (Å²) in [7, 11) is 0. The molecule has 1 aromatic carbocycles. The van der Waals surface area contributed by atoms with Gasteiger partial charge in [0.1, 0.15) is 0 Å². The number of nitrogens with zero attached hydrogens (tertiary/aromatic N) is 2. The van der Waals surface area contributed by atoms with Crippen molar-refractivity contribution in [3.63, 3.8) is 0 Å². The van der Waals surface area contributed by atoms with Crippen molar-refractivity contribution in [3.05, 3.63) is 35.4 Å². The molecule has 0 amide bonds. The maximum atomic E-state index is 13.0. The van der Waals surface area contributed by atoms with E-state index < -0.39 is 11.6 Å². The van der Waals surface area contributed by atoms with Gasteiger partial charge in [-0.1, -0.05) is 6.07 Å². The summed E-state index contributed by atoms with van der Waals surface area (Å²) < 4.78 is 25.8. The van der Waals surface area contributed by atoms with Crippen molar-refractivity contribution in [2.45, 2.75) is 19.3 Å². The van der Waals surface area contributed by atoms with Crippen LogP contribution in [-0.4, -0.2) is 18.0 Å². The fourth-order valence-electron chi connectivity index (χ4n) is 2.24. The Balaban J connectivity index is 1.93. The first kappa shape index (κ1) is 11.8. The molecule has 2 rings (SSSR count). The van der Waals surface area contributed by atoms with Crippen LogP contribution in [0.2, 0.25) is 0 Å². The highest BCUT2D eigenvalue weighted by Crippen LogP contribution is 2.22. The van der Waals surface area contributed by atoms with Gasteiger partial charge in [0.15, 0.2) is 17.8 Å². The van der Waals surface area contributed by atoms with Gasteiger partial charge in [0.05, 0.1) is 0 Å². The van der Waals surface area contributed by atoms with Crippen molar-refractivity contribution in [2.75, 3.05) is 13.1 Å². The number of nitriles is 1. The van der Waals surface area contributed by atoms with Gasteiger partial charge in [0, 0.05) is 13.1 Å². The molecule has 0 bridgehead atoms. The molecule has 1 aliphatic heterocycles. The van der Waals surface area contributed by atoms with Crippen LogP contribution in [0.25, 0.3) is 0 Å². The summed E-state index contributed by atoms with van der Waals surface area (Å²) in [5.41, 5.74) is 0.833. The van der Waals surface area contributed by atoms with Gasteiger partial charge < -0.3 is 4.90 Å². The second-order valence-electron chi connectivity index (χ2n) is 4.48. The monoisotopic (exact) mass is 236 g/mol. The lowest BCUT2D eigenvalue weighted by Crippen LogP contribution is -2.30. The van der Waals surface area contributed by atoms with Crippen LogP contribution in [-0.2, 0) is 6.42 Å². The third-order valence-electron chi connectivity index (χ3n) is 3.26. The van der Waals surface area contributed by atoms with Gasteiger partial charge in [-0.2, -0.15) is 5.26 Å². The molecule has 0 spiro atoms. The maximum absolute atomic E-state index is 13.0. The first-order valence-corrected chi connectivity index (χ1v) is 5.77. The van der Waals surface area contributed by atoms with E-state index in [2.05, 4.69) is 6.19 Å². The van der Waals surface area contributed by atoms with E-state index in [-0.39, 0.29) is 0 Å². The van der Waals surface area contributed by atoms with Gasteiger partial charge in [-0.05, 0) is 42.9 Å². The Morgan fingerprint density at radius 3 is 2.53 bits per heavy atom. The van der Waals surface area contributed by atoms with Crippen molar-refractivity contribution in [1.82, 2.24) is 4.90 Å². The van der Waals surface area contributed by atoms with E-state index >= 15 is 0 Å². The van der Waals surface area contributed by atoms with Crippen molar-refractivity contribution in [3.8, 4) is 6.19 Å². The molecule has 1 aliphatic rings. The Kier molecular flexibility index (Phi) is 3.58. The molecule has 0 saturated carbocycles. The molecule has 0 radical (unpaired) electrons. The van der Waals surface area contributed by atoms with Gasteiger partial charge in [-0.15, -0.1) is 0 Å².